The number of hydrogen-bond acceptors (Lipinski definition) is 3. The van der Waals surface area contributed by atoms with Crippen LogP contribution in [-0.2, 0) is 10.0 Å². The average molecular weight is 325 g/mol. The van der Waals surface area contributed by atoms with Crippen molar-refractivity contribution in [3.63, 3.8) is 0 Å². The Morgan fingerprint density at radius 3 is 2.55 bits per heavy atom. The van der Waals surface area contributed by atoms with Crippen LogP contribution in [0, 0.1) is 5.82 Å². The maximum Gasteiger partial charge on any atom is 0.256 e. The van der Waals surface area contributed by atoms with E-state index in [1.165, 1.54) is 22.7 Å². The van der Waals surface area contributed by atoms with Gasteiger partial charge >= 0.3 is 0 Å². The maximum atomic E-state index is 13.2. The van der Waals surface area contributed by atoms with Crippen LogP contribution in [0.25, 0.3) is 10.9 Å². The summed E-state index contributed by atoms with van der Waals surface area (Å²) in [5.41, 5.74) is 1.04. The van der Waals surface area contributed by atoms with Gasteiger partial charge in [-0.3, -0.25) is 4.79 Å². The number of nitrogens with zero attached hydrogens (tertiary/aromatic N) is 2. The van der Waals surface area contributed by atoms with Crippen LogP contribution in [0.2, 0.25) is 0 Å². The first-order chi connectivity index (χ1) is 10.4. The molecule has 1 saturated heterocycles. The molecule has 1 aliphatic rings. The molecular formula is C14H16FN3O3S. The van der Waals surface area contributed by atoms with E-state index in [-0.39, 0.29) is 11.7 Å². The average Bonchev–Trinajstić information content (AvgIpc) is 2.88. The molecule has 1 amide bonds. The van der Waals surface area contributed by atoms with E-state index in [1.807, 2.05) is 0 Å². The maximum absolute atomic E-state index is 13.2. The summed E-state index contributed by atoms with van der Waals surface area (Å²) in [5.74, 6) is -0.541. The number of benzene rings is 1. The van der Waals surface area contributed by atoms with Crippen molar-refractivity contribution in [1.82, 2.24) is 14.2 Å². The quantitative estimate of drug-likeness (QED) is 0.896. The molecule has 22 heavy (non-hydrogen) atoms. The number of fused-ring (bicyclic) bond motifs is 1. The van der Waals surface area contributed by atoms with Crippen LogP contribution in [0.4, 0.5) is 4.39 Å². The zero-order chi connectivity index (χ0) is 15.9. The Kier molecular flexibility index (Phi) is 3.65. The molecule has 2 aromatic rings. The van der Waals surface area contributed by atoms with Gasteiger partial charge in [0.05, 0.1) is 11.8 Å². The Bertz CT molecular complexity index is 823. The van der Waals surface area contributed by atoms with Crippen LogP contribution in [-0.4, -0.2) is 60.9 Å². The van der Waals surface area contributed by atoms with Gasteiger partial charge in [-0.2, -0.15) is 4.31 Å². The summed E-state index contributed by atoms with van der Waals surface area (Å²) in [4.78, 5) is 17.1. The van der Waals surface area contributed by atoms with E-state index in [1.54, 1.807) is 17.2 Å². The molecule has 1 fully saturated rings. The van der Waals surface area contributed by atoms with E-state index in [9.17, 15) is 17.6 Å². The summed E-state index contributed by atoms with van der Waals surface area (Å²) in [6.07, 6.45) is 2.73. The van der Waals surface area contributed by atoms with E-state index in [2.05, 4.69) is 4.98 Å². The van der Waals surface area contributed by atoms with Gasteiger partial charge in [0.1, 0.15) is 5.82 Å². The number of rotatable bonds is 2. The number of nitrogens with one attached hydrogen (secondary N) is 1. The number of aromatic amines is 1. The minimum Gasteiger partial charge on any atom is -0.360 e. The van der Waals surface area contributed by atoms with Gasteiger partial charge in [0, 0.05) is 43.3 Å². The van der Waals surface area contributed by atoms with Gasteiger partial charge in [-0.1, -0.05) is 0 Å². The second kappa shape index (κ2) is 5.36. The molecule has 0 saturated carbocycles. The molecule has 0 atom stereocenters. The van der Waals surface area contributed by atoms with Gasteiger partial charge in [-0.15, -0.1) is 0 Å². The number of aromatic nitrogens is 1. The lowest BCUT2D eigenvalue weighted by Gasteiger charge is -2.33. The zero-order valence-corrected chi connectivity index (χ0v) is 12.9. The van der Waals surface area contributed by atoms with Crippen molar-refractivity contribution in [3.05, 3.63) is 35.8 Å². The number of piperazine rings is 1. The molecule has 118 valence electrons. The Morgan fingerprint density at radius 2 is 1.91 bits per heavy atom. The molecular weight excluding hydrogens is 309 g/mol. The Balaban J connectivity index is 1.80. The molecule has 8 heteroatoms. The highest BCUT2D eigenvalue weighted by molar-refractivity contribution is 7.88. The Labute approximate surface area is 127 Å². The van der Waals surface area contributed by atoms with Crippen molar-refractivity contribution in [2.24, 2.45) is 0 Å². The Morgan fingerprint density at radius 1 is 1.23 bits per heavy atom. The van der Waals surface area contributed by atoms with E-state index < -0.39 is 10.0 Å². The van der Waals surface area contributed by atoms with Crippen molar-refractivity contribution in [3.8, 4) is 0 Å². The van der Waals surface area contributed by atoms with Crippen molar-refractivity contribution in [2.45, 2.75) is 0 Å². The topological polar surface area (TPSA) is 73.5 Å². The van der Waals surface area contributed by atoms with Crippen molar-refractivity contribution in [2.75, 3.05) is 32.4 Å². The van der Waals surface area contributed by atoms with Crippen LogP contribution in [0.1, 0.15) is 10.4 Å². The molecule has 3 rings (SSSR count). The Hall–Kier alpha value is -1.93. The molecule has 0 unspecified atom stereocenters. The number of H-pyrrole nitrogens is 1. The predicted octanol–water partition coefficient (Wildman–Crippen LogP) is 1.02. The molecule has 1 aliphatic heterocycles. The fourth-order valence-electron chi connectivity index (χ4n) is 2.67. The molecule has 1 aromatic heterocycles. The van der Waals surface area contributed by atoms with Crippen molar-refractivity contribution in [1.29, 1.82) is 0 Å². The lowest BCUT2D eigenvalue weighted by atomic mass is 10.1. The first-order valence-corrected chi connectivity index (χ1v) is 8.72. The number of carbonyl (C=O) groups excluding carboxylic acids is 1. The summed E-state index contributed by atoms with van der Waals surface area (Å²) in [6, 6.07) is 4.23. The summed E-state index contributed by atoms with van der Waals surface area (Å²) >= 11 is 0. The summed E-state index contributed by atoms with van der Waals surface area (Å²) in [6.45, 7) is 1.28. The fraction of sp³-hybridized carbons (Fsp3) is 0.357. The van der Waals surface area contributed by atoms with Crippen LogP contribution < -0.4 is 0 Å². The number of carbonyl (C=O) groups is 1. The minimum absolute atomic E-state index is 0.175. The van der Waals surface area contributed by atoms with Crippen LogP contribution in [0.5, 0.6) is 0 Å². The number of amides is 1. The van der Waals surface area contributed by atoms with Gasteiger partial charge in [0.2, 0.25) is 10.0 Å². The molecule has 1 aromatic carbocycles. The van der Waals surface area contributed by atoms with E-state index in [0.717, 1.165) is 0 Å². The first kappa shape index (κ1) is 15.0. The number of sulfonamides is 1. The van der Waals surface area contributed by atoms with Gasteiger partial charge in [-0.05, 0) is 18.2 Å². The van der Waals surface area contributed by atoms with E-state index in [4.69, 9.17) is 0 Å². The first-order valence-electron chi connectivity index (χ1n) is 6.87. The summed E-state index contributed by atoms with van der Waals surface area (Å²) in [7, 11) is -3.22. The third-order valence-corrected chi connectivity index (χ3v) is 5.17. The van der Waals surface area contributed by atoms with E-state index >= 15 is 0 Å². The largest absolute Gasteiger partial charge is 0.360 e. The van der Waals surface area contributed by atoms with Gasteiger partial charge in [-0.25, -0.2) is 12.8 Å². The second-order valence-corrected chi connectivity index (χ2v) is 7.33. The zero-order valence-electron chi connectivity index (χ0n) is 12.0. The van der Waals surface area contributed by atoms with Crippen LogP contribution >= 0.6 is 0 Å². The highest BCUT2D eigenvalue weighted by Crippen LogP contribution is 2.21. The smallest absolute Gasteiger partial charge is 0.256 e. The molecule has 2 heterocycles. The highest BCUT2D eigenvalue weighted by Gasteiger charge is 2.27. The molecule has 6 nitrogen and oxygen atoms in total. The SMILES string of the molecule is CS(=O)(=O)N1CCN(C(=O)c2c[nH]c3cc(F)ccc23)CC1. The summed E-state index contributed by atoms with van der Waals surface area (Å²) < 4.78 is 37.5. The predicted molar refractivity (Wildman–Crippen MR) is 80.6 cm³/mol. The normalized spacial score (nSPS) is 17.1. The van der Waals surface area contributed by atoms with Gasteiger partial charge in [0.15, 0.2) is 0 Å². The molecule has 0 bridgehead atoms. The number of halogens is 1. The number of hydrogen-bond donors (Lipinski definition) is 1. The third kappa shape index (κ3) is 2.71. The van der Waals surface area contributed by atoms with Gasteiger partial charge in [0.25, 0.3) is 5.91 Å². The van der Waals surface area contributed by atoms with Gasteiger partial charge < -0.3 is 9.88 Å². The molecule has 0 aliphatic carbocycles. The highest BCUT2D eigenvalue weighted by atomic mass is 32.2. The summed E-state index contributed by atoms with van der Waals surface area (Å²) in [5, 5.41) is 0.664. The standard InChI is InChI=1S/C14H16FN3O3S/c1-22(20,21)18-6-4-17(5-7-18)14(19)12-9-16-13-8-10(15)2-3-11(12)13/h2-3,8-9,16H,4-7H2,1H3. The third-order valence-electron chi connectivity index (χ3n) is 3.87. The van der Waals surface area contributed by atoms with Crippen LogP contribution in [0.15, 0.2) is 24.4 Å². The van der Waals surface area contributed by atoms with Crippen molar-refractivity contribution < 1.29 is 17.6 Å². The van der Waals surface area contributed by atoms with Crippen molar-refractivity contribution >= 4 is 26.8 Å². The lowest BCUT2D eigenvalue weighted by molar-refractivity contribution is 0.0700. The minimum atomic E-state index is -3.22. The van der Waals surface area contributed by atoms with E-state index in [0.29, 0.717) is 42.6 Å². The molecule has 0 radical (unpaired) electrons. The molecule has 0 spiro atoms. The monoisotopic (exact) mass is 325 g/mol. The molecule has 1 N–H and O–H groups in total. The fourth-order valence-corrected chi connectivity index (χ4v) is 3.50. The van der Waals surface area contributed by atoms with Crippen LogP contribution in [0.3, 0.4) is 0 Å². The second-order valence-electron chi connectivity index (χ2n) is 5.35. The lowest BCUT2D eigenvalue weighted by Crippen LogP contribution is -2.50.